The Kier molecular flexibility index (Phi) is 7.46. The van der Waals surface area contributed by atoms with Gasteiger partial charge < -0.3 is 9.13 Å². The largest absolute Gasteiger partial charge is 0.307 e. The van der Waals surface area contributed by atoms with E-state index < -0.39 is 0 Å². The Hall–Kier alpha value is -7.56. The van der Waals surface area contributed by atoms with Gasteiger partial charge in [-0.2, -0.15) is 0 Å². The number of nitrogens with zero attached hydrogens (tertiary/aromatic N) is 4. The first kappa shape index (κ1) is 31.9. The van der Waals surface area contributed by atoms with Gasteiger partial charge in [-0.1, -0.05) is 164 Å². The van der Waals surface area contributed by atoms with Crippen LogP contribution in [0.3, 0.4) is 0 Å². The molecule has 0 N–H and O–H groups in total. The Labute approximate surface area is 324 Å². The van der Waals surface area contributed by atoms with E-state index >= 15 is 0 Å². The summed E-state index contributed by atoms with van der Waals surface area (Å²) in [6.45, 7) is 0. The van der Waals surface area contributed by atoms with E-state index in [1.807, 2.05) is 36.4 Å². The maximum Gasteiger partial charge on any atom is 0.160 e. The van der Waals surface area contributed by atoms with Crippen molar-refractivity contribution in [3.05, 3.63) is 206 Å². The summed E-state index contributed by atoms with van der Waals surface area (Å²) in [4.78, 5) is 10.0. The van der Waals surface area contributed by atoms with Gasteiger partial charge in [0.2, 0.25) is 0 Å². The van der Waals surface area contributed by atoms with Crippen molar-refractivity contribution in [2.75, 3.05) is 0 Å². The number of benzene rings is 8. The molecule has 0 fully saturated rings. The molecular formula is C52H34N4. The van der Waals surface area contributed by atoms with Gasteiger partial charge in [-0.05, 0) is 53.6 Å². The minimum Gasteiger partial charge on any atom is -0.307 e. The van der Waals surface area contributed by atoms with Crippen LogP contribution in [0.15, 0.2) is 206 Å². The van der Waals surface area contributed by atoms with Gasteiger partial charge in [-0.3, -0.25) is 0 Å². The van der Waals surface area contributed by atoms with Crippen LogP contribution < -0.4 is 0 Å². The summed E-state index contributed by atoms with van der Waals surface area (Å²) in [5, 5.41) is 4.97. The molecule has 11 rings (SSSR count). The van der Waals surface area contributed by atoms with E-state index in [4.69, 9.17) is 9.97 Å². The van der Waals surface area contributed by atoms with Crippen molar-refractivity contribution in [2.24, 2.45) is 0 Å². The quantitative estimate of drug-likeness (QED) is 0.172. The van der Waals surface area contributed by atoms with Gasteiger partial charge >= 0.3 is 0 Å². The average Bonchev–Trinajstić information content (AvgIpc) is 3.80. The van der Waals surface area contributed by atoms with Crippen molar-refractivity contribution in [3.8, 4) is 56.4 Å². The molecule has 0 saturated heterocycles. The second-order valence-corrected chi connectivity index (χ2v) is 14.2. The van der Waals surface area contributed by atoms with Crippen LogP contribution in [0.2, 0.25) is 0 Å². The number of aromatic nitrogens is 4. The van der Waals surface area contributed by atoms with Gasteiger partial charge in [-0.15, -0.1) is 0 Å². The summed E-state index contributed by atoms with van der Waals surface area (Å²) in [7, 11) is 0. The van der Waals surface area contributed by atoms with Crippen molar-refractivity contribution < 1.29 is 0 Å². The van der Waals surface area contributed by atoms with Gasteiger partial charge in [0, 0.05) is 49.6 Å². The molecule has 0 aliphatic carbocycles. The van der Waals surface area contributed by atoms with E-state index in [0.717, 1.165) is 50.6 Å². The number of hydrogen-bond donors (Lipinski definition) is 0. The van der Waals surface area contributed by atoms with Crippen LogP contribution in [0.5, 0.6) is 0 Å². The minimum atomic E-state index is 0.716. The molecule has 0 radical (unpaired) electrons. The van der Waals surface area contributed by atoms with Gasteiger partial charge in [0.1, 0.15) is 0 Å². The van der Waals surface area contributed by atoms with Crippen LogP contribution in [-0.2, 0) is 0 Å². The lowest BCUT2D eigenvalue weighted by Gasteiger charge is -2.13. The first-order chi connectivity index (χ1) is 27.8. The second kappa shape index (κ2) is 13.1. The van der Waals surface area contributed by atoms with E-state index in [1.54, 1.807) is 0 Å². The lowest BCUT2D eigenvalue weighted by molar-refractivity contribution is 1.15. The van der Waals surface area contributed by atoms with E-state index in [0.29, 0.717) is 5.82 Å². The van der Waals surface area contributed by atoms with Crippen molar-refractivity contribution >= 4 is 43.6 Å². The zero-order chi connectivity index (χ0) is 37.0. The van der Waals surface area contributed by atoms with Crippen molar-refractivity contribution in [3.63, 3.8) is 0 Å². The first-order valence-electron chi connectivity index (χ1n) is 19.0. The normalized spacial score (nSPS) is 11.6. The molecule has 3 aromatic heterocycles. The highest BCUT2D eigenvalue weighted by atomic mass is 15.0. The molecule has 0 aliphatic heterocycles. The van der Waals surface area contributed by atoms with Gasteiger partial charge in [0.25, 0.3) is 0 Å². The Morgan fingerprint density at radius 2 is 0.679 bits per heavy atom. The van der Waals surface area contributed by atoms with E-state index in [2.05, 4.69) is 179 Å². The highest BCUT2D eigenvalue weighted by molar-refractivity contribution is 6.23. The fourth-order valence-electron chi connectivity index (χ4n) is 8.32. The van der Waals surface area contributed by atoms with Crippen LogP contribution in [0, 0.1) is 0 Å². The van der Waals surface area contributed by atoms with Crippen molar-refractivity contribution in [2.45, 2.75) is 0 Å². The average molecular weight is 715 g/mol. The Bertz CT molecular complexity index is 3140. The molecule has 4 heteroatoms. The minimum absolute atomic E-state index is 0.716. The molecule has 8 aromatic carbocycles. The highest BCUT2D eigenvalue weighted by Crippen LogP contribution is 2.42. The molecule has 3 heterocycles. The Balaban J connectivity index is 1.02. The second-order valence-electron chi connectivity index (χ2n) is 14.2. The molecule has 56 heavy (non-hydrogen) atoms. The van der Waals surface area contributed by atoms with Gasteiger partial charge in [0.15, 0.2) is 5.82 Å². The van der Waals surface area contributed by atoms with Crippen LogP contribution in [0.25, 0.3) is 100 Å². The lowest BCUT2D eigenvalue weighted by atomic mass is 10.0. The highest BCUT2D eigenvalue weighted by Gasteiger charge is 2.21. The Morgan fingerprint density at radius 1 is 0.286 bits per heavy atom. The molecule has 4 nitrogen and oxygen atoms in total. The van der Waals surface area contributed by atoms with E-state index in [9.17, 15) is 0 Å². The summed E-state index contributed by atoms with van der Waals surface area (Å²) in [5.74, 6) is 0.716. The monoisotopic (exact) mass is 714 g/mol. The van der Waals surface area contributed by atoms with Gasteiger partial charge in [-0.25, -0.2) is 9.97 Å². The third kappa shape index (κ3) is 5.23. The molecule has 0 saturated carbocycles. The maximum absolute atomic E-state index is 5.04. The van der Waals surface area contributed by atoms with Crippen molar-refractivity contribution in [1.29, 1.82) is 0 Å². The van der Waals surface area contributed by atoms with Gasteiger partial charge in [0.05, 0.1) is 33.5 Å². The summed E-state index contributed by atoms with van der Waals surface area (Å²) in [6.07, 6.45) is 0. The summed E-state index contributed by atoms with van der Waals surface area (Å²) >= 11 is 0. The predicted molar refractivity (Wildman–Crippen MR) is 232 cm³/mol. The molecule has 0 aliphatic rings. The molecule has 0 spiro atoms. The smallest absolute Gasteiger partial charge is 0.160 e. The summed E-state index contributed by atoms with van der Waals surface area (Å²) in [6, 6.07) is 73.2. The fraction of sp³-hybridized carbons (Fsp3) is 0. The van der Waals surface area contributed by atoms with Crippen LogP contribution >= 0.6 is 0 Å². The lowest BCUT2D eigenvalue weighted by Crippen LogP contribution is -1.98. The van der Waals surface area contributed by atoms with Crippen molar-refractivity contribution in [1.82, 2.24) is 19.1 Å². The van der Waals surface area contributed by atoms with Crippen LogP contribution in [0.1, 0.15) is 0 Å². The maximum atomic E-state index is 5.04. The summed E-state index contributed by atoms with van der Waals surface area (Å²) < 4.78 is 4.88. The molecular weight excluding hydrogens is 681 g/mol. The van der Waals surface area contributed by atoms with E-state index in [1.165, 1.54) is 43.6 Å². The van der Waals surface area contributed by atoms with Crippen LogP contribution in [0.4, 0.5) is 0 Å². The van der Waals surface area contributed by atoms with Crippen LogP contribution in [-0.4, -0.2) is 19.1 Å². The molecule has 0 amide bonds. The number of para-hydroxylation sites is 3. The van der Waals surface area contributed by atoms with E-state index in [-0.39, 0.29) is 0 Å². The molecule has 0 atom stereocenters. The predicted octanol–water partition coefficient (Wildman–Crippen LogP) is 13.3. The topological polar surface area (TPSA) is 35.6 Å². The zero-order valence-electron chi connectivity index (χ0n) is 30.4. The molecule has 262 valence electrons. The number of hydrogen-bond acceptors (Lipinski definition) is 2. The fourth-order valence-corrected chi connectivity index (χ4v) is 8.32. The number of rotatable bonds is 6. The standard InChI is InChI=1S/C52H34N4/c1-4-14-37(15-5-1)46-34-47(54-52(53-46)39-16-6-2-7-17-39)38-26-24-35(25-27-38)36-28-30-41(31-29-36)56-49-23-13-11-21-43(49)45-33-32-44-42-20-10-12-22-48(42)55(50(44)51(45)56)40-18-8-3-9-19-40/h1-34H. The third-order valence-corrected chi connectivity index (χ3v) is 11.0. The third-order valence-electron chi connectivity index (χ3n) is 11.0. The number of fused-ring (bicyclic) bond motifs is 7. The summed E-state index contributed by atoms with van der Waals surface area (Å²) in [5.41, 5.74) is 14.3. The molecule has 0 bridgehead atoms. The Morgan fingerprint density at radius 3 is 1.21 bits per heavy atom. The molecule has 11 aromatic rings. The zero-order valence-corrected chi connectivity index (χ0v) is 30.4. The first-order valence-corrected chi connectivity index (χ1v) is 19.0. The SMILES string of the molecule is c1ccc(-c2cc(-c3ccc(-c4ccc(-n5c6ccccc6c6ccc7c8ccccc8n(-c8ccccc8)c7c65)cc4)cc3)nc(-c3ccccc3)n2)cc1. The molecule has 0 unspecified atom stereocenters.